The Labute approximate surface area is 249 Å². The summed E-state index contributed by atoms with van der Waals surface area (Å²) in [6.07, 6.45) is -31.8. The number of aliphatic hydroxyl groups excluding tert-OH is 13. The van der Waals surface area contributed by atoms with Gasteiger partial charge in [0, 0.05) is 6.42 Å². The van der Waals surface area contributed by atoms with Crippen LogP contribution in [0.2, 0.25) is 0 Å². The van der Waals surface area contributed by atoms with Gasteiger partial charge in [-0.05, 0) is 0 Å². The third-order valence-electron chi connectivity index (χ3n) is 8.05. The predicted molar refractivity (Wildman–Crippen MR) is 132 cm³/mol. The van der Waals surface area contributed by atoms with Gasteiger partial charge in [0.05, 0.1) is 38.6 Å². The Balaban J connectivity index is 1.42. The van der Waals surface area contributed by atoms with Crippen molar-refractivity contribution in [3.05, 3.63) is 0 Å². The van der Waals surface area contributed by atoms with Crippen LogP contribution in [0.4, 0.5) is 0 Å². The third kappa shape index (κ3) is 7.35. The minimum absolute atomic E-state index is 0.110. The van der Waals surface area contributed by atoms with Crippen LogP contribution in [0.15, 0.2) is 0 Å². The van der Waals surface area contributed by atoms with Gasteiger partial charge in [0.1, 0.15) is 79.4 Å². The van der Waals surface area contributed by atoms with Crippen LogP contribution in [0.1, 0.15) is 6.42 Å². The fourth-order valence-corrected chi connectivity index (χ4v) is 5.43. The number of ether oxygens (including phenoxy) is 7. The molecule has 0 unspecified atom stereocenters. The maximum atomic E-state index is 10.8. The van der Waals surface area contributed by atoms with E-state index >= 15 is 0 Å². The van der Waals surface area contributed by atoms with Gasteiger partial charge < -0.3 is 99.5 Å². The van der Waals surface area contributed by atoms with Gasteiger partial charge in [0.2, 0.25) is 0 Å². The second-order valence-corrected chi connectivity index (χ2v) is 11.1. The maximum absolute atomic E-state index is 10.8. The molecule has 0 aromatic carbocycles. The lowest BCUT2D eigenvalue weighted by molar-refractivity contribution is -0.396. The van der Waals surface area contributed by atoms with Gasteiger partial charge in [-0.2, -0.15) is 0 Å². The molecule has 0 bridgehead atoms. The van der Waals surface area contributed by atoms with Crippen molar-refractivity contribution in [2.45, 2.75) is 123 Å². The van der Waals surface area contributed by atoms with Crippen molar-refractivity contribution in [2.75, 3.05) is 26.4 Å². The molecule has 4 aliphatic rings. The SMILES string of the molecule is OC[C@@H]1C[C@H](O)[C@@H](O)[C@@H](O[C@H]2[C@H](O)[C@@H](O)[C@H](O[C@H]3[C@H](O)[C@@H](O)[C@@H](O[C@H]4O[C@H](CO)[C@@H](O)[C@H](O)[C@H]4O)O[C@@H]3CO)O[C@@H]2CO)O1. The van der Waals surface area contributed by atoms with Crippen LogP contribution in [0, 0.1) is 0 Å². The molecule has 0 amide bonds. The summed E-state index contributed by atoms with van der Waals surface area (Å²) in [6, 6.07) is 0. The predicted octanol–water partition coefficient (Wildman–Crippen LogP) is -8.72. The quantitative estimate of drug-likeness (QED) is 0.104. The zero-order valence-corrected chi connectivity index (χ0v) is 23.2. The van der Waals surface area contributed by atoms with Crippen molar-refractivity contribution in [3.8, 4) is 0 Å². The van der Waals surface area contributed by atoms with Gasteiger partial charge in [-0.15, -0.1) is 0 Å². The minimum atomic E-state index is -1.98. The Morgan fingerprint density at radius 3 is 1.27 bits per heavy atom. The van der Waals surface area contributed by atoms with Crippen LogP contribution in [-0.2, 0) is 33.2 Å². The standard InChI is InChI=1S/C24H42O20/c25-2-6-1-7(29)11(30)21(38-6)42-19-9(4-27)40-22(17(36)14(19)33)43-20-10(5-28)41-24(18(37)15(20)34)44-23-16(35)13(32)12(31)8(3-26)39-23/h6-37H,1-5H2/t6-,7-,8+,9+,10+,11+,12+,13-,14+,15+,16+,17+,18+,19+,20+,21+,22-,23+,24+/m0/s1. The van der Waals surface area contributed by atoms with Gasteiger partial charge in [0.25, 0.3) is 0 Å². The second kappa shape index (κ2) is 15.4. The van der Waals surface area contributed by atoms with Gasteiger partial charge >= 0.3 is 0 Å². The van der Waals surface area contributed by atoms with Crippen LogP contribution in [0.5, 0.6) is 0 Å². The van der Waals surface area contributed by atoms with E-state index in [0.717, 1.165) is 0 Å². The molecule has 0 saturated carbocycles. The van der Waals surface area contributed by atoms with Gasteiger partial charge in [0.15, 0.2) is 25.2 Å². The average Bonchev–Trinajstić information content (AvgIpc) is 3.02. The molecule has 44 heavy (non-hydrogen) atoms. The van der Waals surface area contributed by atoms with E-state index < -0.39 is 143 Å². The minimum Gasteiger partial charge on any atom is -0.394 e. The van der Waals surface area contributed by atoms with Crippen molar-refractivity contribution >= 4 is 0 Å². The fourth-order valence-electron chi connectivity index (χ4n) is 5.43. The summed E-state index contributed by atoms with van der Waals surface area (Å²) in [4.78, 5) is 0. The van der Waals surface area contributed by atoms with Crippen LogP contribution in [-0.4, -0.2) is 210 Å². The molecule has 0 aromatic heterocycles. The Hall–Kier alpha value is -0.800. The topological polar surface area (TPSA) is 328 Å². The van der Waals surface area contributed by atoms with E-state index in [1.165, 1.54) is 0 Å². The van der Waals surface area contributed by atoms with E-state index in [1.54, 1.807) is 0 Å². The first-order chi connectivity index (χ1) is 20.9. The Kier molecular flexibility index (Phi) is 12.6. The highest BCUT2D eigenvalue weighted by atomic mass is 16.8. The summed E-state index contributed by atoms with van der Waals surface area (Å²) in [6.45, 7) is -3.01. The van der Waals surface area contributed by atoms with E-state index in [4.69, 9.17) is 33.2 Å². The van der Waals surface area contributed by atoms with E-state index in [0.29, 0.717) is 0 Å². The Morgan fingerprint density at radius 1 is 0.409 bits per heavy atom. The van der Waals surface area contributed by atoms with E-state index in [2.05, 4.69) is 0 Å². The molecule has 0 aliphatic carbocycles. The summed E-state index contributed by atoms with van der Waals surface area (Å²) in [5, 5.41) is 132. The molecular weight excluding hydrogens is 608 g/mol. The molecule has 20 heteroatoms. The molecule has 20 nitrogen and oxygen atoms in total. The van der Waals surface area contributed by atoms with Gasteiger partial charge in [-0.1, -0.05) is 0 Å². The third-order valence-corrected chi connectivity index (χ3v) is 8.05. The van der Waals surface area contributed by atoms with E-state index in [1.807, 2.05) is 0 Å². The monoisotopic (exact) mass is 650 g/mol. The van der Waals surface area contributed by atoms with Crippen molar-refractivity contribution in [2.24, 2.45) is 0 Å². The summed E-state index contributed by atoms with van der Waals surface area (Å²) < 4.78 is 38.0. The summed E-state index contributed by atoms with van der Waals surface area (Å²) >= 11 is 0. The van der Waals surface area contributed by atoms with Crippen LogP contribution in [0.25, 0.3) is 0 Å². The molecular formula is C24H42O20. The molecule has 19 atom stereocenters. The first kappa shape index (κ1) is 36.0. The van der Waals surface area contributed by atoms with Gasteiger partial charge in [-0.3, -0.25) is 0 Å². The normalized spacial score (nSPS) is 52.2. The maximum Gasteiger partial charge on any atom is 0.189 e. The molecule has 4 aliphatic heterocycles. The second-order valence-electron chi connectivity index (χ2n) is 11.1. The highest BCUT2D eigenvalue weighted by molar-refractivity contribution is 4.96. The smallest absolute Gasteiger partial charge is 0.189 e. The lowest BCUT2D eigenvalue weighted by Crippen LogP contribution is -2.66. The molecule has 0 radical (unpaired) electrons. The van der Waals surface area contributed by atoms with Crippen LogP contribution < -0.4 is 0 Å². The van der Waals surface area contributed by atoms with Crippen LogP contribution >= 0.6 is 0 Å². The first-order valence-electron chi connectivity index (χ1n) is 14.0. The zero-order valence-electron chi connectivity index (χ0n) is 23.2. The summed E-state index contributed by atoms with van der Waals surface area (Å²) in [5.41, 5.74) is 0. The highest BCUT2D eigenvalue weighted by Crippen LogP contribution is 2.33. The number of hydrogen-bond acceptors (Lipinski definition) is 20. The van der Waals surface area contributed by atoms with Crippen LogP contribution in [0.3, 0.4) is 0 Å². The van der Waals surface area contributed by atoms with Gasteiger partial charge in [-0.25, -0.2) is 0 Å². The summed E-state index contributed by atoms with van der Waals surface area (Å²) in [5.74, 6) is 0. The lowest BCUT2D eigenvalue weighted by atomic mass is 9.96. The van der Waals surface area contributed by atoms with Crippen molar-refractivity contribution in [3.63, 3.8) is 0 Å². The van der Waals surface area contributed by atoms with E-state index in [9.17, 15) is 66.4 Å². The molecule has 258 valence electrons. The molecule has 0 aromatic rings. The zero-order chi connectivity index (χ0) is 32.5. The lowest BCUT2D eigenvalue weighted by Gasteiger charge is -2.48. The number of hydrogen-bond donors (Lipinski definition) is 13. The van der Waals surface area contributed by atoms with Crippen molar-refractivity contribution < 1.29 is 99.5 Å². The number of rotatable bonds is 10. The molecule has 4 saturated heterocycles. The highest BCUT2D eigenvalue weighted by Gasteiger charge is 2.54. The fraction of sp³-hybridized carbons (Fsp3) is 1.00. The largest absolute Gasteiger partial charge is 0.394 e. The molecule has 4 rings (SSSR count). The summed E-state index contributed by atoms with van der Waals surface area (Å²) in [7, 11) is 0. The van der Waals surface area contributed by atoms with E-state index in [-0.39, 0.29) is 6.42 Å². The molecule has 4 fully saturated rings. The molecule has 0 spiro atoms. The number of aliphatic hydroxyl groups is 13. The van der Waals surface area contributed by atoms with Crippen molar-refractivity contribution in [1.82, 2.24) is 0 Å². The van der Waals surface area contributed by atoms with Crippen molar-refractivity contribution in [1.29, 1.82) is 0 Å². The molecule has 13 N–H and O–H groups in total. The first-order valence-corrected chi connectivity index (χ1v) is 14.0. The Bertz CT molecular complexity index is 881. The average molecular weight is 651 g/mol. The molecule has 4 heterocycles. The Morgan fingerprint density at radius 2 is 0.818 bits per heavy atom.